The fraction of sp³-hybridized carbons (Fsp3) is 0.536. The van der Waals surface area contributed by atoms with E-state index >= 15 is 0 Å². The van der Waals surface area contributed by atoms with Gasteiger partial charge in [0.2, 0.25) is 23.6 Å². The number of allylic oxidation sites excluding steroid dienone is 1. The molecule has 4 N–H and O–H groups in total. The number of carbonyl (C=O) groups is 5. The van der Waals surface area contributed by atoms with Gasteiger partial charge in [0.25, 0.3) is 0 Å². The number of hydrogen-bond donors (Lipinski definition) is 4. The zero-order valence-corrected chi connectivity index (χ0v) is 25.3. The van der Waals surface area contributed by atoms with E-state index in [1.54, 1.807) is 52.1 Å². The summed E-state index contributed by atoms with van der Waals surface area (Å²) in [5, 5.41) is 10.9. The Morgan fingerprint density at radius 2 is 1.71 bits per heavy atom. The molecular weight excluding hydrogens is 568 g/mol. The van der Waals surface area contributed by atoms with Crippen LogP contribution in [0.5, 0.6) is 5.75 Å². The third-order valence-electron chi connectivity index (χ3n) is 6.68. The summed E-state index contributed by atoms with van der Waals surface area (Å²) in [6.45, 7) is 4.91. The molecule has 0 spiro atoms. The summed E-state index contributed by atoms with van der Waals surface area (Å²) in [5.41, 5.74) is 1.45. The zero-order chi connectivity index (χ0) is 29.9. The highest BCUT2D eigenvalue weighted by Gasteiger charge is 2.33. The van der Waals surface area contributed by atoms with Gasteiger partial charge in [0, 0.05) is 17.9 Å². The van der Waals surface area contributed by atoms with E-state index in [9.17, 15) is 24.0 Å². The zero-order valence-electron chi connectivity index (χ0n) is 23.7. The van der Waals surface area contributed by atoms with Crippen LogP contribution in [0.2, 0.25) is 0 Å². The SMILES string of the molecule is COc1ccc(C[C@H]2NC(=O)[C@H]3CSSCC/C=C(/C)[C@H](CC(=O)N[C@H](C(C)C)C(=O)N3)OC(=O)CNC2=O)cc1. The summed E-state index contributed by atoms with van der Waals surface area (Å²) < 4.78 is 10.8. The smallest absolute Gasteiger partial charge is 0.326 e. The molecule has 3 rings (SSSR count). The highest BCUT2D eigenvalue weighted by Crippen LogP contribution is 2.24. The lowest BCUT2D eigenvalue weighted by Gasteiger charge is -2.27. The molecule has 1 fully saturated rings. The fourth-order valence-electron chi connectivity index (χ4n) is 4.28. The summed E-state index contributed by atoms with van der Waals surface area (Å²) in [4.78, 5) is 65.9. The highest BCUT2D eigenvalue weighted by molar-refractivity contribution is 8.76. The molecule has 13 heteroatoms. The van der Waals surface area contributed by atoms with Crippen molar-refractivity contribution in [1.82, 2.24) is 21.3 Å². The molecule has 1 aromatic carbocycles. The third-order valence-corrected chi connectivity index (χ3v) is 9.12. The molecule has 11 nitrogen and oxygen atoms in total. The average Bonchev–Trinajstić information content (AvgIpc) is 2.94. The first-order valence-electron chi connectivity index (χ1n) is 13.5. The van der Waals surface area contributed by atoms with Crippen LogP contribution in [0, 0.1) is 5.92 Å². The van der Waals surface area contributed by atoms with Crippen molar-refractivity contribution >= 4 is 51.2 Å². The first-order chi connectivity index (χ1) is 19.6. The molecule has 1 aromatic rings. The lowest BCUT2D eigenvalue weighted by atomic mass is 10.0. The van der Waals surface area contributed by atoms with Crippen LogP contribution in [-0.2, 0) is 35.1 Å². The van der Waals surface area contributed by atoms with Gasteiger partial charge in [0.1, 0.15) is 36.5 Å². The highest BCUT2D eigenvalue weighted by atomic mass is 33.1. The minimum absolute atomic E-state index is 0.133. The molecule has 4 atom stereocenters. The van der Waals surface area contributed by atoms with Crippen LogP contribution < -0.4 is 26.0 Å². The molecule has 0 aliphatic carbocycles. The van der Waals surface area contributed by atoms with Gasteiger partial charge >= 0.3 is 5.97 Å². The molecule has 2 aliphatic heterocycles. The van der Waals surface area contributed by atoms with Crippen LogP contribution in [-0.4, -0.2) is 79.0 Å². The minimum Gasteiger partial charge on any atom is -0.497 e. The molecule has 2 heterocycles. The van der Waals surface area contributed by atoms with Crippen molar-refractivity contribution in [3.8, 4) is 5.75 Å². The fourth-order valence-corrected chi connectivity index (χ4v) is 6.42. The quantitative estimate of drug-likeness (QED) is 0.227. The number of rotatable bonds is 4. The van der Waals surface area contributed by atoms with E-state index in [-0.39, 0.29) is 24.5 Å². The second-order valence-corrected chi connectivity index (χ2v) is 12.8. The Morgan fingerprint density at radius 3 is 2.39 bits per heavy atom. The summed E-state index contributed by atoms with van der Waals surface area (Å²) in [6.07, 6.45) is 1.64. The van der Waals surface area contributed by atoms with Gasteiger partial charge in [-0.05, 0) is 42.5 Å². The second kappa shape index (κ2) is 15.7. The van der Waals surface area contributed by atoms with Crippen molar-refractivity contribution in [2.45, 2.75) is 64.3 Å². The maximum absolute atomic E-state index is 13.5. The number of amides is 4. The van der Waals surface area contributed by atoms with E-state index in [1.165, 1.54) is 21.6 Å². The molecule has 0 aromatic heterocycles. The van der Waals surface area contributed by atoms with E-state index in [0.29, 0.717) is 23.5 Å². The van der Waals surface area contributed by atoms with Gasteiger partial charge in [-0.25, -0.2) is 0 Å². The molecule has 0 unspecified atom stereocenters. The van der Waals surface area contributed by atoms with Crippen LogP contribution in [0.3, 0.4) is 0 Å². The molecule has 0 saturated carbocycles. The molecule has 2 aliphatic rings. The van der Waals surface area contributed by atoms with Crippen molar-refractivity contribution in [3.63, 3.8) is 0 Å². The van der Waals surface area contributed by atoms with Crippen LogP contribution in [0.4, 0.5) is 0 Å². The summed E-state index contributed by atoms with van der Waals surface area (Å²) in [7, 11) is 4.51. The number of nitrogens with one attached hydrogen (secondary N) is 4. The maximum Gasteiger partial charge on any atom is 0.326 e. The minimum atomic E-state index is -1.04. The predicted molar refractivity (Wildman–Crippen MR) is 158 cm³/mol. The van der Waals surface area contributed by atoms with Gasteiger partial charge in [-0.1, -0.05) is 53.6 Å². The average molecular weight is 607 g/mol. The van der Waals surface area contributed by atoms with Crippen LogP contribution in [0.15, 0.2) is 35.9 Å². The summed E-state index contributed by atoms with van der Waals surface area (Å²) in [6, 6.07) is 4.12. The van der Waals surface area contributed by atoms with Gasteiger partial charge in [-0.15, -0.1) is 0 Å². The van der Waals surface area contributed by atoms with Gasteiger partial charge in [-0.3, -0.25) is 24.0 Å². The Morgan fingerprint density at radius 1 is 0.976 bits per heavy atom. The molecule has 41 heavy (non-hydrogen) atoms. The lowest BCUT2D eigenvalue weighted by molar-refractivity contribution is -0.149. The number of hydrogen-bond acceptors (Lipinski definition) is 9. The number of methoxy groups -OCH3 is 1. The Bertz CT molecular complexity index is 1140. The monoisotopic (exact) mass is 606 g/mol. The van der Waals surface area contributed by atoms with E-state index in [0.717, 1.165) is 5.56 Å². The van der Waals surface area contributed by atoms with Crippen molar-refractivity contribution in [2.75, 3.05) is 25.2 Å². The largest absolute Gasteiger partial charge is 0.497 e. The number of benzene rings is 1. The van der Waals surface area contributed by atoms with Crippen molar-refractivity contribution in [2.24, 2.45) is 5.92 Å². The second-order valence-electron chi connectivity index (χ2n) is 10.2. The first kappa shape index (κ1) is 32.3. The van der Waals surface area contributed by atoms with E-state index < -0.39 is 60.4 Å². The van der Waals surface area contributed by atoms with Gasteiger partial charge in [-0.2, -0.15) is 0 Å². The third kappa shape index (κ3) is 9.99. The lowest BCUT2D eigenvalue weighted by Crippen LogP contribution is -2.59. The molecule has 1 saturated heterocycles. The molecule has 2 bridgehead atoms. The van der Waals surface area contributed by atoms with Crippen LogP contribution in [0.1, 0.15) is 39.2 Å². The Balaban J connectivity index is 1.99. The van der Waals surface area contributed by atoms with E-state index in [4.69, 9.17) is 9.47 Å². The van der Waals surface area contributed by atoms with E-state index in [2.05, 4.69) is 21.3 Å². The Hall–Kier alpha value is -3.19. The molecule has 224 valence electrons. The topological polar surface area (TPSA) is 152 Å². The van der Waals surface area contributed by atoms with Crippen molar-refractivity contribution in [3.05, 3.63) is 41.5 Å². The number of carbonyl (C=O) groups excluding carboxylic acids is 5. The number of esters is 1. The van der Waals surface area contributed by atoms with Crippen molar-refractivity contribution in [1.29, 1.82) is 0 Å². The summed E-state index contributed by atoms with van der Waals surface area (Å²) in [5.74, 6) is -1.56. The first-order valence-corrected chi connectivity index (χ1v) is 16.0. The number of ether oxygens (including phenoxy) is 2. The molecular formula is C28H38N4O7S2. The Kier molecular flexibility index (Phi) is 12.4. The molecule has 4 amide bonds. The standard InChI is InChI=1S/C28H38N4O7S2/c1-16(2)25-28(37)31-21-15-41-40-11-5-6-17(3)22(13-23(33)32-25)39-24(34)14-29-26(35)20(30-27(21)36)12-18-7-9-19(38-4)10-8-18/h6-10,16,20-22,25H,5,11-15H2,1-4H3,(H,29,35)(H,30,36)(H,31,37)(H,32,33)/b17-6-/t20-,21-,22+,25-/m1/s1. The predicted octanol–water partition coefficient (Wildman–Crippen LogP) is 1.51. The summed E-state index contributed by atoms with van der Waals surface area (Å²) >= 11 is 0. The molecule has 0 radical (unpaired) electrons. The maximum atomic E-state index is 13.5. The van der Waals surface area contributed by atoms with Crippen LogP contribution in [0.25, 0.3) is 0 Å². The Labute approximate surface area is 248 Å². The van der Waals surface area contributed by atoms with Gasteiger partial charge in [0.15, 0.2) is 0 Å². The number of fused-ring (bicyclic) bond motifs is 7. The van der Waals surface area contributed by atoms with E-state index in [1.807, 2.05) is 6.08 Å². The van der Waals surface area contributed by atoms with Crippen molar-refractivity contribution < 1.29 is 33.4 Å². The normalized spacial score (nSPS) is 26.9. The van der Waals surface area contributed by atoms with Gasteiger partial charge < -0.3 is 30.7 Å². The van der Waals surface area contributed by atoms with Gasteiger partial charge in [0.05, 0.1) is 13.5 Å². The van der Waals surface area contributed by atoms with Crippen LogP contribution >= 0.6 is 21.6 Å².